The summed E-state index contributed by atoms with van der Waals surface area (Å²) in [7, 11) is 0. The first-order chi connectivity index (χ1) is 9.76. The average Bonchev–Trinajstić information content (AvgIpc) is 2.49. The molecule has 2 aliphatic rings. The molecule has 3 nitrogen and oxygen atoms in total. The van der Waals surface area contributed by atoms with Crippen molar-refractivity contribution in [3.05, 3.63) is 35.9 Å². The first-order valence-corrected chi connectivity index (χ1v) is 7.91. The zero-order valence-corrected chi connectivity index (χ0v) is 12.5. The molecule has 3 rings (SSSR count). The van der Waals surface area contributed by atoms with Crippen LogP contribution in [0.5, 0.6) is 0 Å². The van der Waals surface area contributed by atoms with Crippen LogP contribution in [-0.2, 0) is 10.3 Å². The molecule has 3 heteroatoms. The Hall–Kier alpha value is -0.900. The van der Waals surface area contributed by atoms with Gasteiger partial charge in [0.2, 0.25) is 0 Å². The molecule has 0 bridgehead atoms. The monoisotopic (exact) mass is 274 g/mol. The fourth-order valence-corrected chi connectivity index (χ4v) is 3.47. The van der Waals surface area contributed by atoms with Gasteiger partial charge >= 0.3 is 0 Å². The molecule has 0 aliphatic carbocycles. The summed E-state index contributed by atoms with van der Waals surface area (Å²) in [6.07, 6.45) is 4.24. The number of piperazine rings is 1. The van der Waals surface area contributed by atoms with Crippen LogP contribution in [0, 0.1) is 0 Å². The summed E-state index contributed by atoms with van der Waals surface area (Å²) in [5.41, 5.74) is 1.45. The number of nitrogens with zero attached hydrogens (tertiary/aromatic N) is 1. The number of rotatable bonds is 3. The van der Waals surface area contributed by atoms with Crippen LogP contribution in [0.1, 0.15) is 31.7 Å². The molecule has 2 atom stereocenters. The normalized spacial score (nSPS) is 32.1. The fourth-order valence-electron chi connectivity index (χ4n) is 3.47. The summed E-state index contributed by atoms with van der Waals surface area (Å²) in [4.78, 5) is 2.57. The van der Waals surface area contributed by atoms with Gasteiger partial charge in [0.05, 0.1) is 11.6 Å². The van der Waals surface area contributed by atoms with E-state index in [-0.39, 0.29) is 5.54 Å². The Labute approximate surface area is 122 Å². The maximum Gasteiger partial charge on any atom is 0.0702 e. The van der Waals surface area contributed by atoms with Crippen molar-refractivity contribution >= 4 is 0 Å². The molecule has 0 spiro atoms. The Balaban J connectivity index is 1.63. The minimum absolute atomic E-state index is 0.0637. The highest BCUT2D eigenvalue weighted by atomic mass is 16.5. The van der Waals surface area contributed by atoms with E-state index in [0.29, 0.717) is 6.10 Å². The van der Waals surface area contributed by atoms with Crippen molar-refractivity contribution in [1.82, 2.24) is 10.2 Å². The molecule has 2 aliphatic heterocycles. The highest BCUT2D eigenvalue weighted by molar-refractivity contribution is 5.24. The third kappa shape index (κ3) is 3.22. The van der Waals surface area contributed by atoms with Gasteiger partial charge in [0.25, 0.3) is 0 Å². The lowest BCUT2D eigenvalue weighted by Crippen LogP contribution is -2.58. The molecule has 20 heavy (non-hydrogen) atoms. The molecule has 1 aromatic rings. The number of hydrogen-bond acceptors (Lipinski definition) is 3. The van der Waals surface area contributed by atoms with Gasteiger partial charge in [-0.15, -0.1) is 0 Å². The number of hydrogen-bond donors (Lipinski definition) is 1. The Bertz CT molecular complexity index is 416. The van der Waals surface area contributed by atoms with E-state index in [4.69, 9.17) is 4.74 Å². The van der Waals surface area contributed by atoms with Crippen LogP contribution in [-0.4, -0.2) is 43.8 Å². The molecule has 0 radical (unpaired) electrons. The average molecular weight is 274 g/mol. The van der Waals surface area contributed by atoms with Crippen molar-refractivity contribution in [3.8, 4) is 0 Å². The van der Waals surface area contributed by atoms with Crippen LogP contribution < -0.4 is 5.32 Å². The Morgan fingerprint density at radius 1 is 1.30 bits per heavy atom. The van der Waals surface area contributed by atoms with Gasteiger partial charge in [-0.25, -0.2) is 0 Å². The standard InChI is InChI=1S/C17H26N2O/c1-17(15-7-3-2-4-8-15)14-19(11-10-18-17)13-16-9-5-6-12-20-16/h2-4,7-8,16,18H,5-6,9-14H2,1H3. The van der Waals surface area contributed by atoms with Crippen molar-refractivity contribution in [2.75, 3.05) is 32.8 Å². The zero-order valence-electron chi connectivity index (χ0n) is 12.5. The van der Waals surface area contributed by atoms with Crippen molar-refractivity contribution in [2.24, 2.45) is 0 Å². The van der Waals surface area contributed by atoms with Crippen molar-refractivity contribution in [3.63, 3.8) is 0 Å². The van der Waals surface area contributed by atoms with Crippen LogP contribution >= 0.6 is 0 Å². The predicted octanol–water partition coefficient (Wildman–Crippen LogP) is 2.38. The fraction of sp³-hybridized carbons (Fsp3) is 0.647. The maximum absolute atomic E-state index is 5.89. The van der Waals surface area contributed by atoms with E-state index in [2.05, 4.69) is 47.5 Å². The molecule has 0 amide bonds. The van der Waals surface area contributed by atoms with E-state index in [9.17, 15) is 0 Å². The lowest BCUT2D eigenvalue weighted by molar-refractivity contribution is -0.0152. The first kappa shape index (κ1) is 14.1. The molecular weight excluding hydrogens is 248 g/mol. The third-order valence-corrected chi connectivity index (χ3v) is 4.63. The Morgan fingerprint density at radius 3 is 2.90 bits per heavy atom. The van der Waals surface area contributed by atoms with Gasteiger partial charge in [-0.3, -0.25) is 4.90 Å². The number of nitrogens with one attached hydrogen (secondary N) is 1. The third-order valence-electron chi connectivity index (χ3n) is 4.63. The van der Waals surface area contributed by atoms with E-state index in [0.717, 1.165) is 32.8 Å². The molecular formula is C17H26N2O. The predicted molar refractivity (Wildman–Crippen MR) is 81.8 cm³/mol. The summed E-state index contributed by atoms with van der Waals surface area (Å²) in [6, 6.07) is 10.8. The smallest absolute Gasteiger partial charge is 0.0702 e. The van der Waals surface area contributed by atoms with Crippen LogP contribution in [0.25, 0.3) is 0 Å². The summed E-state index contributed by atoms with van der Waals surface area (Å²) in [5, 5.41) is 3.70. The molecule has 2 heterocycles. The molecule has 110 valence electrons. The quantitative estimate of drug-likeness (QED) is 0.916. The summed E-state index contributed by atoms with van der Waals surface area (Å²) < 4.78 is 5.89. The Kier molecular flexibility index (Phi) is 4.39. The van der Waals surface area contributed by atoms with Crippen molar-refractivity contribution < 1.29 is 4.74 Å². The van der Waals surface area contributed by atoms with Gasteiger partial charge in [0.1, 0.15) is 0 Å². The van der Waals surface area contributed by atoms with Crippen LogP contribution in [0.2, 0.25) is 0 Å². The highest BCUT2D eigenvalue weighted by Crippen LogP contribution is 2.25. The lowest BCUT2D eigenvalue weighted by Gasteiger charge is -2.43. The second-order valence-corrected chi connectivity index (χ2v) is 6.35. The molecule has 0 saturated carbocycles. The topological polar surface area (TPSA) is 24.5 Å². The largest absolute Gasteiger partial charge is 0.377 e. The lowest BCUT2D eigenvalue weighted by atomic mass is 9.89. The second kappa shape index (κ2) is 6.25. The van der Waals surface area contributed by atoms with Gasteiger partial charge in [0, 0.05) is 32.8 Å². The van der Waals surface area contributed by atoms with Crippen molar-refractivity contribution in [2.45, 2.75) is 37.8 Å². The number of ether oxygens (including phenoxy) is 1. The van der Waals surface area contributed by atoms with Gasteiger partial charge in [-0.2, -0.15) is 0 Å². The maximum atomic E-state index is 5.89. The van der Waals surface area contributed by atoms with Gasteiger partial charge < -0.3 is 10.1 Å². The van der Waals surface area contributed by atoms with Gasteiger partial charge in [-0.1, -0.05) is 30.3 Å². The van der Waals surface area contributed by atoms with E-state index < -0.39 is 0 Å². The minimum Gasteiger partial charge on any atom is -0.377 e. The van der Waals surface area contributed by atoms with Crippen LogP contribution in [0.3, 0.4) is 0 Å². The van der Waals surface area contributed by atoms with Crippen LogP contribution in [0.4, 0.5) is 0 Å². The van der Waals surface area contributed by atoms with Crippen LogP contribution in [0.15, 0.2) is 30.3 Å². The number of benzene rings is 1. The van der Waals surface area contributed by atoms with Gasteiger partial charge in [0.15, 0.2) is 0 Å². The van der Waals surface area contributed by atoms with Gasteiger partial charge in [-0.05, 0) is 31.7 Å². The summed E-state index contributed by atoms with van der Waals surface area (Å²) in [5.74, 6) is 0. The first-order valence-electron chi connectivity index (χ1n) is 7.91. The summed E-state index contributed by atoms with van der Waals surface area (Å²) in [6.45, 7) is 7.60. The minimum atomic E-state index is 0.0637. The molecule has 1 aromatic carbocycles. The molecule has 2 unspecified atom stereocenters. The van der Waals surface area contributed by atoms with E-state index in [1.807, 2.05) is 0 Å². The zero-order chi connectivity index (χ0) is 13.8. The highest BCUT2D eigenvalue weighted by Gasteiger charge is 2.33. The second-order valence-electron chi connectivity index (χ2n) is 6.35. The summed E-state index contributed by atoms with van der Waals surface area (Å²) >= 11 is 0. The Morgan fingerprint density at radius 2 is 2.15 bits per heavy atom. The molecule has 0 aromatic heterocycles. The SMILES string of the molecule is CC1(c2ccccc2)CN(CC2CCCCO2)CCN1. The van der Waals surface area contributed by atoms with E-state index in [1.54, 1.807) is 0 Å². The van der Waals surface area contributed by atoms with Crippen molar-refractivity contribution in [1.29, 1.82) is 0 Å². The van der Waals surface area contributed by atoms with E-state index in [1.165, 1.54) is 24.8 Å². The molecule has 1 N–H and O–H groups in total. The molecule has 2 fully saturated rings. The molecule has 2 saturated heterocycles. The van der Waals surface area contributed by atoms with E-state index >= 15 is 0 Å².